The highest BCUT2D eigenvalue weighted by Crippen LogP contribution is 2.21. The molecule has 7 nitrogen and oxygen atoms in total. The average molecular weight is 313 g/mol. The number of sulfonamides is 1. The molecule has 0 saturated heterocycles. The fraction of sp³-hybridized carbons (Fsp3) is 0.333. The Morgan fingerprint density at radius 3 is 2.76 bits per heavy atom. The summed E-state index contributed by atoms with van der Waals surface area (Å²) < 4.78 is 41.8. The maximum atomic E-state index is 13.6. The van der Waals surface area contributed by atoms with E-state index in [1.165, 1.54) is 24.0 Å². The van der Waals surface area contributed by atoms with E-state index in [0.717, 1.165) is 6.07 Å². The smallest absolute Gasteiger partial charge is 0.241 e. The van der Waals surface area contributed by atoms with Gasteiger partial charge in [0.2, 0.25) is 10.0 Å². The van der Waals surface area contributed by atoms with Gasteiger partial charge in [-0.05, 0) is 19.1 Å². The van der Waals surface area contributed by atoms with Gasteiger partial charge in [0.1, 0.15) is 12.1 Å². The molecule has 0 saturated carbocycles. The summed E-state index contributed by atoms with van der Waals surface area (Å²) in [6.07, 6.45) is 1.87. The molecule has 1 aromatic heterocycles. The van der Waals surface area contributed by atoms with E-state index in [1.54, 1.807) is 7.05 Å². The number of nitrogens with two attached hydrogens (primary N) is 1. The molecule has 3 N–H and O–H groups in total. The fourth-order valence-electron chi connectivity index (χ4n) is 1.83. The van der Waals surface area contributed by atoms with Gasteiger partial charge in [-0.1, -0.05) is 0 Å². The summed E-state index contributed by atoms with van der Waals surface area (Å²) in [7, 11) is -2.11. The zero-order chi connectivity index (χ0) is 15.6. The molecule has 21 heavy (non-hydrogen) atoms. The van der Waals surface area contributed by atoms with Crippen LogP contribution in [-0.2, 0) is 23.5 Å². The Morgan fingerprint density at radius 1 is 1.43 bits per heavy atom. The van der Waals surface area contributed by atoms with E-state index >= 15 is 0 Å². The molecule has 0 fully saturated rings. The zero-order valence-corrected chi connectivity index (χ0v) is 12.5. The van der Waals surface area contributed by atoms with Gasteiger partial charge in [0.05, 0.1) is 4.90 Å². The number of rotatable bonds is 5. The van der Waals surface area contributed by atoms with Crippen molar-refractivity contribution in [2.45, 2.75) is 18.2 Å². The van der Waals surface area contributed by atoms with Crippen LogP contribution in [0, 0.1) is 12.7 Å². The van der Waals surface area contributed by atoms with Crippen LogP contribution in [0.4, 0.5) is 10.1 Å². The lowest BCUT2D eigenvalue weighted by atomic mass is 10.2. The summed E-state index contributed by atoms with van der Waals surface area (Å²) in [5.41, 5.74) is 5.59. The Hall–Kier alpha value is -2.00. The van der Waals surface area contributed by atoms with Crippen LogP contribution in [0.3, 0.4) is 0 Å². The van der Waals surface area contributed by atoms with Gasteiger partial charge >= 0.3 is 0 Å². The minimum Gasteiger partial charge on any atom is -0.399 e. The Labute approximate surface area is 122 Å². The Bertz CT molecular complexity index is 757. The van der Waals surface area contributed by atoms with E-state index < -0.39 is 15.8 Å². The molecule has 0 spiro atoms. The Morgan fingerprint density at radius 2 is 2.14 bits per heavy atom. The molecule has 114 valence electrons. The number of benzene rings is 1. The molecule has 1 aromatic carbocycles. The fourth-order valence-corrected chi connectivity index (χ4v) is 3.14. The van der Waals surface area contributed by atoms with E-state index in [0.29, 0.717) is 12.2 Å². The van der Waals surface area contributed by atoms with Crippen molar-refractivity contribution in [3.05, 3.63) is 35.7 Å². The lowest BCUT2D eigenvalue weighted by molar-refractivity contribution is 0.574. The standard InChI is InChI=1S/C12H16FN5O2S/c1-8-10(13)5-9(14)6-11(8)21(19,20)16-4-3-12-15-7-18(2)17-12/h5-7,16H,3-4,14H2,1-2H3. The molecule has 2 rings (SSSR count). The van der Waals surface area contributed by atoms with Crippen LogP contribution in [0.25, 0.3) is 0 Å². The normalized spacial score (nSPS) is 11.8. The molecule has 0 atom stereocenters. The summed E-state index contributed by atoms with van der Waals surface area (Å²) in [5, 5.41) is 4.04. The first-order valence-corrected chi connectivity index (χ1v) is 7.68. The van der Waals surface area contributed by atoms with Gasteiger partial charge in [-0.2, -0.15) is 5.10 Å². The topological polar surface area (TPSA) is 103 Å². The quantitative estimate of drug-likeness (QED) is 0.776. The van der Waals surface area contributed by atoms with Crippen LogP contribution in [0.2, 0.25) is 0 Å². The molecule has 0 bridgehead atoms. The second-order valence-corrected chi connectivity index (χ2v) is 6.34. The van der Waals surface area contributed by atoms with Gasteiger partial charge in [-0.25, -0.2) is 22.5 Å². The summed E-state index contributed by atoms with van der Waals surface area (Å²) >= 11 is 0. The molecule has 9 heteroatoms. The lowest BCUT2D eigenvalue weighted by Crippen LogP contribution is -2.27. The SMILES string of the molecule is Cc1c(F)cc(N)cc1S(=O)(=O)NCCc1ncn(C)n1. The second-order valence-electron chi connectivity index (χ2n) is 4.61. The van der Waals surface area contributed by atoms with Crippen LogP contribution in [0.1, 0.15) is 11.4 Å². The third kappa shape index (κ3) is 3.56. The van der Waals surface area contributed by atoms with Crippen molar-refractivity contribution in [3.63, 3.8) is 0 Å². The van der Waals surface area contributed by atoms with E-state index in [1.807, 2.05) is 0 Å². The first-order valence-electron chi connectivity index (χ1n) is 6.19. The van der Waals surface area contributed by atoms with Crippen molar-refractivity contribution in [2.24, 2.45) is 7.05 Å². The maximum Gasteiger partial charge on any atom is 0.241 e. The molecule has 0 aliphatic carbocycles. The third-order valence-electron chi connectivity index (χ3n) is 2.90. The number of nitrogens with one attached hydrogen (secondary N) is 1. The molecular formula is C12H16FN5O2S. The highest BCUT2D eigenvalue weighted by molar-refractivity contribution is 7.89. The number of aromatic nitrogens is 3. The monoisotopic (exact) mass is 313 g/mol. The van der Waals surface area contributed by atoms with Crippen molar-refractivity contribution < 1.29 is 12.8 Å². The number of hydrogen-bond donors (Lipinski definition) is 2. The van der Waals surface area contributed by atoms with Crippen LogP contribution in [0.15, 0.2) is 23.4 Å². The largest absolute Gasteiger partial charge is 0.399 e. The predicted octanol–water partition coefficient (Wildman–Crippen LogP) is 0.366. The zero-order valence-electron chi connectivity index (χ0n) is 11.7. The Kier molecular flexibility index (Phi) is 4.24. The first kappa shape index (κ1) is 15.4. The van der Waals surface area contributed by atoms with Gasteiger partial charge < -0.3 is 5.73 Å². The Balaban J connectivity index is 2.12. The van der Waals surface area contributed by atoms with Crippen molar-refractivity contribution in [1.82, 2.24) is 19.5 Å². The third-order valence-corrected chi connectivity index (χ3v) is 4.48. The van der Waals surface area contributed by atoms with Crippen molar-refractivity contribution in [1.29, 1.82) is 0 Å². The summed E-state index contributed by atoms with van der Waals surface area (Å²) in [4.78, 5) is 3.83. The number of hydrogen-bond acceptors (Lipinski definition) is 5. The minimum atomic E-state index is -3.83. The highest BCUT2D eigenvalue weighted by Gasteiger charge is 2.19. The molecule has 0 amide bonds. The van der Waals surface area contributed by atoms with Gasteiger partial charge in [-0.3, -0.25) is 4.68 Å². The summed E-state index contributed by atoms with van der Waals surface area (Å²) in [5.74, 6) is -0.127. The number of halogens is 1. The van der Waals surface area contributed by atoms with Gasteiger partial charge in [-0.15, -0.1) is 0 Å². The van der Waals surface area contributed by atoms with E-state index in [2.05, 4.69) is 14.8 Å². The summed E-state index contributed by atoms with van der Waals surface area (Å²) in [6, 6.07) is 2.33. The van der Waals surface area contributed by atoms with Crippen molar-refractivity contribution in [2.75, 3.05) is 12.3 Å². The number of anilines is 1. The van der Waals surface area contributed by atoms with Gasteiger partial charge in [0, 0.05) is 31.3 Å². The maximum absolute atomic E-state index is 13.6. The molecule has 0 unspecified atom stereocenters. The average Bonchev–Trinajstić information content (AvgIpc) is 2.79. The van der Waals surface area contributed by atoms with Crippen LogP contribution in [0.5, 0.6) is 0 Å². The van der Waals surface area contributed by atoms with Gasteiger partial charge in [0.25, 0.3) is 0 Å². The predicted molar refractivity (Wildman–Crippen MR) is 75.4 cm³/mol. The van der Waals surface area contributed by atoms with Crippen LogP contribution in [-0.4, -0.2) is 29.7 Å². The first-order chi connectivity index (χ1) is 9.79. The minimum absolute atomic E-state index is 0.0349. The molecule has 0 radical (unpaired) electrons. The highest BCUT2D eigenvalue weighted by atomic mass is 32.2. The van der Waals surface area contributed by atoms with Crippen LogP contribution >= 0.6 is 0 Å². The number of aryl methyl sites for hydroxylation is 1. The summed E-state index contributed by atoms with van der Waals surface area (Å²) in [6.45, 7) is 1.51. The molecule has 1 heterocycles. The van der Waals surface area contributed by atoms with Crippen molar-refractivity contribution >= 4 is 15.7 Å². The molecule has 0 aliphatic rings. The molecular weight excluding hydrogens is 297 g/mol. The second kappa shape index (κ2) is 5.78. The molecule has 2 aromatic rings. The number of nitrogens with zero attached hydrogens (tertiary/aromatic N) is 3. The van der Waals surface area contributed by atoms with Crippen LogP contribution < -0.4 is 10.5 Å². The van der Waals surface area contributed by atoms with Gasteiger partial charge in [0.15, 0.2) is 5.82 Å². The number of nitrogen functional groups attached to an aromatic ring is 1. The van der Waals surface area contributed by atoms with E-state index in [-0.39, 0.29) is 22.7 Å². The lowest BCUT2D eigenvalue weighted by Gasteiger charge is -2.10. The van der Waals surface area contributed by atoms with E-state index in [9.17, 15) is 12.8 Å². The van der Waals surface area contributed by atoms with Crippen molar-refractivity contribution in [3.8, 4) is 0 Å². The molecule has 0 aliphatic heterocycles. The van der Waals surface area contributed by atoms with E-state index in [4.69, 9.17) is 5.73 Å².